The predicted octanol–water partition coefficient (Wildman–Crippen LogP) is 2.49. The van der Waals surface area contributed by atoms with Gasteiger partial charge in [0.1, 0.15) is 0 Å². The number of sulfonamides is 1. The van der Waals surface area contributed by atoms with Crippen molar-refractivity contribution >= 4 is 31.9 Å². The number of halogens is 1. The fourth-order valence-electron chi connectivity index (χ4n) is 1.82. The first-order chi connectivity index (χ1) is 9.75. The Kier molecular flexibility index (Phi) is 5.96. The van der Waals surface area contributed by atoms with E-state index in [1.165, 1.54) is 10.4 Å². The zero-order valence-corrected chi connectivity index (χ0v) is 14.2. The van der Waals surface area contributed by atoms with Crippen LogP contribution in [0.15, 0.2) is 21.5 Å². The number of terminal acetylenes is 1. The molecule has 0 radical (unpaired) electrons. The number of aromatic carboxylic acids is 1. The van der Waals surface area contributed by atoms with E-state index in [0.29, 0.717) is 16.5 Å². The number of carboxylic acids is 1. The molecule has 0 spiro atoms. The molecule has 0 unspecified atom stereocenters. The molecule has 7 heteroatoms. The van der Waals surface area contributed by atoms with Gasteiger partial charge in [-0.15, -0.1) is 6.42 Å². The van der Waals surface area contributed by atoms with Crippen molar-refractivity contribution in [2.24, 2.45) is 0 Å². The Morgan fingerprint density at radius 2 is 2.10 bits per heavy atom. The van der Waals surface area contributed by atoms with Gasteiger partial charge in [-0.05, 0) is 31.0 Å². The fourth-order valence-corrected chi connectivity index (χ4v) is 4.13. The van der Waals surface area contributed by atoms with Gasteiger partial charge in [0.2, 0.25) is 10.0 Å². The van der Waals surface area contributed by atoms with Crippen molar-refractivity contribution in [3.05, 3.63) is 27.7 Å². The minimum Gasteiger partial charge on any atom is -0.478 e. The van der Waals surface area contributed by atoms with E-state index in [9.17, 15) is 13.2 Å². The van der Waals surface area contributed by atoms with Crippen molar-refractivity contribution in [2.45, 2.75) is 25.2 Å². The molecule has 0 amide bonds. The highest BCUT2D eigenvalue weighted by Crippen LogP contribution is 2.28. The van der Waals surface area contributed by atoms with Gasteiger partial charge >= 0.3 is 5.97 Å². The van der Waals surface area contributed by atoms with Crippen LogP contribution >= 0.6 is 15.9 Å². The highest BCUT2D eigenvalue weighted by atomic mass is 79.9. The van der Waals surface area contributed by atoms with Gasteiger partial charge in [0.15, 0.2) is 0 Å². The van der Waals surface area contributed by atoms with Crippen molar-refractivity contribution in [2.75, 3.05) is 13.1 Å². The number of benzene rings is 1. The maximum atomic E-state index is 12.7. The highest BCUT2D eigenvalue weighted by Gasteiger charge is 2.27. The maximum absolute atomic E-state index is 12.7. The van der Waals surface area contributed by atoms with Crippen molar-refractivity contribution in [1.82, 2.24) is 4.31 Å². The van der Waals surface area contributed by atoms with E-state index in [-0.39, 0.29) is 23.5 Å². The van der Waals surface area contributed by atoms with Crippen LogP contribution in [0.4, 0.5) is 0 Å². The molecule has 0 aromatic heterocycles. The molecule has 0 atom stereocenters. The second kappa shape index (κ2) is 7.07. The molecule has 1 rings (SSSR count). The summed E-state index contributed by atoms with van der Waals surface area (Å²) in [6, 6.07) is 2.54. The molecule has 1 aromatic carbocycles. The van der Waals surface area contributed by atoms with E-state index < -0.39 is 16.0 Å². The third-order valence-corrected chi connectivity index (χ3v) is 5.70. The van der Waals surface area contributed by atoms with Gasteiger partial charge in [-0.25, -0.2) is 13.2 Å². The molecule has 21 heavy (non-hydrogen) atoms. The number of rotatable bonds is 6. The summed E-state index contributed by atoms with van der Waals surface area (Å²) < 4.78 is 27.0. The third kappa shape index (κ3) is 3.84. The number of nitrogens with zero attached hydrogens (tertiary/aromatic N) is 1. The summed E-state index contributed by atoms with van der Waals surface area (Å²) in [5.74, 6) is 1.13. The van der Waals surface area contributed by atoms with E-state index in [1.807, 2.05) is 6.92 Å². The first-order valence-electron chi connectivity index (χ1n) is 6.22. The summed E-state index contributed by atoms with van der Waals surface area (Å²) >= 11 is 3.20. The summed E-state index contributed by atoms with van der Waals surface area (Å²) in [5.41, 5.74) is 0.362. The lowest BCUT2D eigenvalue weighted by Gasteiger charge is -2.21. The Bertz CT molecular complexity index is 692. The Morgan fingerprint density at radius 1 is 1.48 bits per heavy atom. The quantitative estimate of drug-likeness (QED) is 0.777. The molecule has 0 saturated heterocycles. The number of carboxylic acid groups (broad SMARTS) is 1. The second-order valence-electron chi connectivity index (χ2n) is 4.43. The molecular formula is C14H16BrNO4S. The first kappa shape index (κ1) is 17.7. The molecule has 1 N–H and O–H groups in total. The van der Waals surface area contributed by atoms with Crippen LogP contribution in [0, 0.1) is 19.3 Å². The molecule has 0 bridgehead atoms. The third-order valence-electron chi connectivity index (χ3n) is 2.90. The standard InChI is InChI=1S/C14H16BrNO4S/c1-4-6-16(7-5-2)21(19,20)13-9-11(14(17)18)8-12(15)10(13)3/h1,8-9H,5-7H2,2-3H3,(H,17,18). The van der Waals surface area contributed by atoms with Crippen LogP contribution in [-0.4, -0.2) is 36.9 Å². The lowest BCUT2D eigenvalue weighted by atomic mass is 10.1. The van der Waals surface area contributed by atoms with Gasteiger partial charge in [0.05, 0.1) is 17.0 Å². The number of hydrogen-bond donors (Lipinski definition) is 1. The minimum atomic E-state index is -3.84. The Labute approximate surface area is 133 Å². The zero-order valence-electron chi connectivity index (χ0n) is 11.8. The molecular weight excluding hydrogens is 358 g/mol. The Morgan fingerprint density at radius 3 is 2.57 bits per heavy atom. The van der Waals surface area contributed by atoms with Crippen molar-refractivity contribution in [3.8, 4) is 12.3 Å². The largest absolute Gasteiger partial charge is 0.478 e. The summed E-state index contributed by atoms with van der Waals surface area (Å²) in [7, 11) is -3.84. The van der Waals surface area contributed by atoms with E-state index in [4.69, 9.17) is 11.5 Å². The van der Waals surface area contributed by atoms with Crippen LogP contribution in [0.2, 0.25) is 0 Å². The van der Waals surface area contributed by atoms with Crippen LogP contribution in [0.3, 0.4) is 0 Å². The first-order valence-corrected chi connectivity index (χ1v) is 8.46. The molecule has 0 aliphatic carbocycles. The lowest BCUT2D eigenvalue weighted by Crippen LogP contribution is -2.32. The van der Waals surface area contributed by atoms with Crippen LogP contribution < -0.4 is 0 Å². The Balaban J connectivity index is 3.49. The van der Waals surface area contributed by atoms with Crippen molar-refractivity contribution < 1.29 is 18.3 Å². The normalized spacial score (nSPS) is 11.4. The van der Waals surface area contributed by atoms with Gasteiger partial charge in [-0.1, -0.05) is 28.8 Å². The maximum Gasteiger partial charge on any atom is 0.335 e. The van der Waals surface area contributed by atoms with Crippen LogP contribution in [0.25, 0.3) is 0 Å². The van der Waals surface area contributed by atoms with Crippen LogP contribution in [-0.2, 0) is 10.0 Å². The SMILES string of the molecule is C#CCN(CCC)S(=O)(=O)c1cc(C(=O)O)cc(Br)c1C. The van der Waals surface area contributed by atoms with E-state index in [2.05, 4.69) is 21.9 Å². The summed E-state index contributed by atoms with van der Waals surface area (Å²) in [6.45, 7) is 3.68. The molecule has 0 fully saturated rings. The average molecular weight is 374 g/mol. The Hall–Kier alpha value is -1.36. The highest BCUT2D eigenvalue weighted by molar-refractivity contribution is 9.10. The lowest BCUT2D eigenvalue weighted by molar-refractivity contribution is 0.0696. The predicted molar refractivity (Wildman–Crippen MR) is 83.7 cm³/mol. The second-order valence-corrected chi connectivity index (χ2v) is 7.19. The molecule has 0 aliphatic rings. The smallest absolute Gasteiger partial charge is 0.335 e. The molecule has 0 saturated carbocycles. The van der Waals surface area contributed by atoms with E-state index in [0.717, 1.165) is 6.07 Å². The number of carbonyl (C=O) groups is 1. The molecule has 0 heterocycles. The van der Waals surface area contributed by atoms with E-state index >= 15 is 0 Å². The summed E-state index contributed by atoms with van der Waals surface area (Å²) in [5, 5.41) is 9.07. The average Bonchev–Trinajstić information content (AvgIpc) is 2.40. The van der Waals surface area contributed by atoms with Gasteiger partial charge < -0.3 is 5.11 Å². The zero-order chi connectivity index (χ0) is 16.2. The van der Waals surface area contributed by atoms with Crippen molar-refractivity contribution in [1.29, 1.82) is 0 Å². The minimum absolute atomic E-state index is 0.0435. The molecule has 114 valence electrons. The van der Waals surface area contributed by atoms with Crippen LogP contribution in [0.5, 0.6) is 0 Å². The molecule has 0 aliphatic heterocycles. The molecule has 1 aromatic rings. The summed E-state index contributed by atoms with van der Waals surface area (Å²) in [4.78, 5) is 11.1. The summed E-state index contributed by atoms with van der Waals surface area (Å²) in [6.07, 6.45) is 5.83. The van der Waals surface area contributed by atoms with Crippen LogP contribution in [0.1, 0.15) is 29.3 Å². The molecule has 5 nitrogen and oxygen atoms in total. The van der Waals surface area contributed by atoms with Gasteiger partial charge in [-0.3, -0.25) is 0 Å². The van der Waals surface area contributed by atoms with E-state index in [1.54, 1.807) is 6.92 Å². The fraction of sp³-hybridized carbons (Fsp3) is 0.357. The number of hydrogen-bond acceptors (Lipinski definition) is 3. The van der Waals surface area contributed by atoms with Gasteiger partial charge in [-0.2, -0.15) is 4.31 Å². The van der Waals surface area contributed by atoms with Gasteiger partial charge in [0.25, 0.3) is 0 Å². The monoisotopic (exact) mass is 373 g/mol. The van der Waals surface area contributed by atoms with Gasteiger partial charge in [0, 0.05) is 11.0 Å². The van der Waals surface area contributed by atoms with Crippen molar-refractivity contribution in [3.63, 3.8) is 0 Å². The topological polar surface area (TPSA) is 74.7 Å².